The van der Waals surface area contributed by atoms with Crippen molar-refractivity contribution in [2.45, 2.75) is 12.8 Å². The molecular weight excluding hydrogens is 216 g/mol. The standard InChI is InChI=1S/C10H9BrO/c1-2-3-4-8-7-9(12)5-6-10(8)11/h1,5-7,12H,3-4H2. The average Bonchev–Trinajstić information content (AvgIpc) is 2.07. The minimum Gasteiger partial charge on any atom is -0.508 e. The van der Waals surface area contributed by atoms with Gasteiger partial charge in [-0.15, -0.1) is 12.3 Å². The van der Waals surface area contributed by atoms with Gasteiger partial charge >= 0.3 is 0 Å². The maximum Gasteiger partial charge on any atom is 0.115 e. The molecule has 62 valence electrons. The molecule has 1 N–H and O–H groups in total. The molecule has 1 nitrogen and oxygen atoms in total. The van der Waals surface area contributed by atoms with Gasteiger partial charge in [0.1, 0.15) is 5.75 Å². The summed E-state index contributed by atoms with van der Waals surface area (Å²) >= 11 is 3.38. The first-order valence-electron chi connectivity index (χ1n) is 3.65. The molecule has 0 aliphatic rings. The van der Waals surface area contributed by atoms with E-state index in [0.717, 1.165) is 16.5 Å². The molecule has 0 aliphatic heterocycles. The van der Waals surface area contributed by atoms with Gasteiger partial charge in [-0.3, -0.25) is 0 Å². The van der Waals surface area contributed by atoms with Crippen LogP contribution in [-0.4, -0.2) is 5.11 Å². The summed E-state index contributed by atoms with van der Waals surface area (Å²) in [5.41, 5.74) is 1.05. The van der Waals surface area contributed by atoms with Gasteiger partial charge in [0.15, 0.2) is 0 Å². The Bertz CT molecular complexity index is 312. The van der Waals surface area contributed by atoms with Crippen molar-refractivity contribution in [3.8, 4) is 18.1 Å². The second-order valence-electron chi connectivity index (χ2n) is 2.48. The van der Waals surface area contributed by atoms with E-state index >= 15 is 0 Å². The molecule has 0 saturated heterocycles. The summed E-state index contributed by atoms with van der Waals surface area (Å²) in [6, 6.07) is 5.19. The Morgan fingerprint density at radius 3 is 2.92 bits per heavy atom. The number of phenols is 1. The Morgan fingerprint density at radius 2 is 2.25 bits per heavy atom. The van der Waals surface area contributed by atoms with E-state index in [2.05, 4.69) is 21.9 Å². The van der Waals surface area contributed by atoms with Crippen LogP contribution in [0.15, 0.2) is 22.7 Å². The smallest absolute Gasteiger partial charge is 0.115 e. The predicted molar refractivity (Wildman–Crippen MR) is 53.0 cm³/mol. The minimum atomic E-state index is 0.283. The molecule has 0 fully saturated rings. The number of terminal acetylenes is 1. The zero-order valence-corrected chi connectivity index (χ0v) is 8.13. The SMILES string of the molecule is C#CCCc1cc(O)ccc1Br. The van der Waals surface area contributed by atoms with Crippen molar-refractivity contribution < 1.29 is 5.11 Å². The molecule has 2 heteroatoms. The van der Waals surface area contributed by atoms with E-state index in [1.54, 1.807) is 12.1 Å². The summed E-state index contributed by atoms with van der Waals surface area (Å²) in [5.74, 6) is 2.84. The molecule has 1 aromatic rings. The molecule has 0 atom stereocenters. The minimum absolute atomic E-state index is 0.283. The molecule has 1 aromatic carbocycles. The Balaban J connectivity index is 2.84. The van der Waals surface area contributed by atoms with Gasteiger partial charge in [0.25, 0.3) is 0 Å². The van der Waals surface area contributed by atoms with Crippen LogP contribution >= 0.6 is 15.9 Å². The van der Waals surface area contributed by atoms with E-state index in [0.29, 0.717) is 6.42 Å². The predicted octanol–water partition coefficient (Wildman–Crippen LogP) is 2.72. The maximum absolute atomic E-state index is 9.16. The van der Waals surface area contributed by atoms with Crippen molar-refractivity contribution in [2.75, 3.05) is 0 Å². The van der Waals surface area contributed by atoms with Gasteiger partial charge in [-0.05, 0) is 30.2 Å². The van der Waals surface area contributed by atoms with Gasteiger partial charge in [-0.2, -0.15) is 0 Å². The Hall–Kier alpha value is -0.940. The normalized spacial score (nSPS) is 9.33. The van der Waals surface area contributed by atoms with Crippen molar-refractivity contribution >= 4 is 15.9 Å². The fourth-order valence-electron chi connectivity index (χ4n) is 0.960. The highest BCUT2D eigenvalue weighted by Crippen LogP contribution is 2.22. The Morgan fingerprint density at radius 1 is 1.50 bits per heavy atom. The van der Waals surface area contributed by atoms with Crippen molar-refractivity contribution in [1.29, 1.82) is 0 Å². The van der Waals surface area contributed by atoms with Crippen molar-refractivity contribution in [3.05, 3.63) is 28.2 Å². The Kier molecular flexibility index (Phi) is 3.19. The van der Waals surface area contributed by atoms with Crippen LogP contribution in [-0.2, 0) is 6.42 Å². The highest BCUT2D eigenvalue weighted by Gasteiger charge is 1.99. The second-order valence-corrected chi connectivity index (χ2v) is 3.33. The average molecular weight is 225 g/mol. The first-order chi connectivity index (χ1) is 5.74. The zero-order chi connectivity index (χ0) is 8.97. The largest absolute Gasteiger partial charge is 0.508 e. The van der Waals surface area contributed by atoms with Gasteiger partial charge in [0.05, 0.1) is 0 Å². The summed E-state index contributed by atoms with van der Waals surface area (Å²) in [4.78, 5) is 0. The molecule has 1 rings (SSSR count). The number of aromatic hydroxyl groups is 1. The fourth-order valence-corrected chi connectivity index (χ4v) is 1.40. The fraction of sp³-hybridized carbons (Fsp3) is 0.200. The summed E-state index contributed by atoms with van der Waals surface area (Å²) in [5, 5.41) is 9.16. The van der Waals surface area contributed by atoms with E-state index in [9.17, 15) is 0 Å². The topological polar surface area (TPSA) is 20.2 Å². The maximum atomic E-state index is 9.16. The van der Waals surface area contributed by atoms with E-state index in [4.69, 9.17) is 11.5 Å². The van der Waals surface area contributed by atoms with E-state index in [1.165, 1.54) is 0 Å². The first kappa shape index (κ1) is 9.15. The van der Waals surface area contributed by atoms with Gasteiger partial charge in [-0.1, -0.05) is 15.9 Å². The van der Waals surface area contributed by atoms with E-state index in [-0.39, 0.29) is 5.75 Å². The quantitative estimate of drug-likeness (QED) is 0.767. The summed E-state index contributed by atoms with van der Waals surface area (Å²) in [6.45, 7) is 0. The molecule has 0 aliphatic carbocycles. The molecule has 0 heterocycles. The third-order valence-electron chi connectivity index (χ3n) is 1.57. The zero-order valence-electron chi connectivity index (χ0n) is 6.55. The lowest BCUT2D eigenvalue weighted by atomic mass is 10.1. The Labute approximate surface area is 80.6 Å². The van der Waals surface area contributed by atoms with Crippen LogP contribution in [0.25, 0.3) is 0 Å². The molecule has 0 unspecified atom stereocenters. The number of halogens is 1. The van der Waals surface area contributed by atoms with Crippen LogP contribution in [0, 0.1) is 12.3 Å². The van der Waals surface area contributed by atoms with Crippen LogP contribution in [0.5, 0.6) is 5.75 Å². The summed E-state index contributed by atoms with van der Waals surface area (Å²) < 4.78 is 0.996. The summed E-state index contributed by atoms with van der Waals surface area (Å²) in [7, 11) is 0. The van der Waals surface area contributed by atoms with Gasteiger partial charge in [-0.25, -0.2) is 0 Å². The number of phenolic OH excluding ortho intramolecular Hbond substituents is 1. The van der Waals surface area contributed by atoms with Crippen LogP contribution in [0.1, 0.15) is 12.0 Å². The molecule has 12 heavy (non-hydrogen) atoms. The van der Waals surface area contributed by atoms with Crippen LogP contribution in [0.2, 0.25) is 0 Å². The molecule has 0 amide bonds. The highest BCUT2D eigenvalue weighted by atomic mass is 79.9. The molecule has 0 aromatic heterocycles. The lowest BCUT2D eigenvalue weighted by molar-refractivity contribution is 0.474. The monoisotopic (exact) mass is 224 g/mol. The van der Waals surface area contributed by atoms with Crippen LogP contribution in [0.4, 0.5) is 0 Å². The lowest BCUT2D eigenvalue weighted by Crippen LogP contribution is -1.84. The highest BCUT2D eigenvalue weighted by molar-refractivity contribution is 9.10. The molecular formula is C10H9BrO. The molecule has 0 saturated carbocycles. The first-order valence-corrected chi connectivity index (χ1v) is 4.44. The number of hydrogen-bond acceptors (Lipinski definition) is 1. The van der Waals surface area contributed by atoms with Gasteiger partial charge < -0.3 is 5.11 Å². The molecule has 0 radical (unpaired) electrons. The molecule has 0 spiro atoms. The van der Waals surface area contributed by atoms with Gasteiger partial charge in [0.2, 0.25) is 0 Å². The van der Waals surface area contributed by atoms with Crippen molar-refractivity contribution in [2.24, 2.45) is 0 Å². The van der Waals surface area contributed by atoms with E-state index in [1.807, 2.05) is 6.07 Å². The van der Waals surface area contributed by atoms with Crippen molar-refractivity contribution in [3.63, 3.8) is 0 Å². The third-order valence-corrected chi connectivity index (χ3v) is 2.34. The number of aryl methyl sites for hydroxylation is 1. The van der Waals surface area contributed by atoms with Crippen LogP contribution in [0.3, 0.4) is 0 Å². The second kappa shape index (κ2) is 4.18. The summed E-state index contributed by atoms with van der Waals surface area (Å²) in [6.07, 6.45) is 6.63. The van der Waals surface area contributed by atoms with Crippen LogP contribution < -0.4 is 0 Å². The van der Waals surface area contributed by atoms with E-state index < -0.39 is 0 Å². The van der Waals surface area contributed by atoms with Gasteiger partial charge in [0, 0.05) is 10.9 Å². The number of rotatable bonds is 2. The van der Waals surface area contributed by atoms with Crippen molar-refractivity contribution in [1.82, 2.24) is 0 Å². The number of benzene rings is 1. The third kappa shape index (κ3) is 2.28. The lowest BCUT2D eigenvalue weighted by Gasteiger charge is -2.01. The molecule has 0 bridgehead atoms. The number of hydrogen-bond donors (Lipinski definition) is 1.